The van der Waals surface area contributed by atoms with Gasteiger partial charge >= 0.3 is 0 Å². The van der Waals surface area contributed by atoms with Crippen molar-refractivity contribution in [3.8, 4) is 0 Å². The summed E-state index contributed by atoms with van der Waals surface area (Å²) in [7, 11) is 4.07. The van der Waals surface area contributed by atoms with Crippen molar-refractivity contribution in [1.29, 1.82) is 0 Å². The molecule has 20 heavy (non-hydrogen) atoms. The molecule has 1 unspecified atom stereocenters. The topological polar surface area (TPSA) is 50.2 Å². The SMILES string of the molecule is C=CCn1ncc(NC(CN(C)C)C(C)C)c(Br)c1=O. The third-order valence-corrected chi connectivity index (χ3v) is 3.76. The van der Waals surface area contributed by atoms with E-state index in [0.29, 0.717) is 16.9 Å². The minimum atomic E-state index is -0.151. The summed E-state index contributed by atoms with van der Waals surface area (Å²) in [6, 6.07) is 0.248. The molecule has 1 heterocycles. The highest BCUT2D eigenvalue weighted by molar-refractivity contribution is 9.10. The van der Waals surface area contributed by atoms with Gasteiger partial charge in [-0.05, 0) is 35.9 Å². The number of hydrogen-bond acceptors (Lipinski definition) is 4. The van der Waals surface area contributed by atoms with Gasteiger partial charge in [0.1, 0.15) is 4.47 Å². The van der Waals surface area contributed by atoms with Gasteiger partial charge in [-0.2, -0.15) is 5.10 Å². The van der Waals surface area contributed by atoms with Crippen LogP contribution in [0.3, 0.4) is 0 Å². The Morgan fingerprint density at radius 1 is 1.55 bits per heavy atom. The van der Waals surface area contributed by atoms with Crippen molar-refractivity contribution in [2.24, 2.45) is 5.92 Å². The zero-order chi connectivity index (χ0) is 15.3. The van der Waals surface area contributed by atoms with E-state index in [1.807, 2.05) is 14.1 Å². The van der Waals surface area contributed by atoms with Gasteiger partial charge in [0.05, 0.1) is 18.4 Å². The molecule has 1 aromatic heterocycles. The number of aromatic nitrogens is 2. The Bertz CT molecular complexity index is 510. The Morgan fingerprint density at radius 2 is 2.20 bits per heavy atom. The monoisotopic (exact) mass is 342 g/mol. The molecule has 0 amide bonds. The Hall–Kier alpha value is -1.14. The Kier molecular flexibility index (Phi) is 6.42. The normalized spacial score (nSPS) is 12.8. The van der Waals surface area contributed by atoms with E-state index >= 15 is 0 Å². The van der Waals surface area contributed by atoms with Gasteiger partial charge in [-0.1, -0.05) is 19.9 Å². The van der Waals surface area contributed by atoms with Crippen LogP contribution in [0.2, 0.25) is 0 Å². The van der Waals surface area contributed by atoms with Crippen LogP contribution in [0.1, 0.15) is 13.8 Å². The van der Waals surface area contributed by atoms with Crippen molar-refractivity contribution in [3.05, 3.63) is 33.7 Å². The van der Waals surface area contributed by atoms with E-state index < -0.39 is 0 Å². The fourth-order valence-electron chi connectivity index (χ4n) is 1.83. The third kappa shape index (κ3) is 4.45. The van der Waals surface area contributed by atoms with Crippen LogP contribution in [-0.2, 0) is 6.54 Å². The van der Waals surface area contributed by atoms with Crippen LogP contribution in [0.5, 0.6) is 0 Å². The molecule has 0 aromatic carbocycles. The van der Waals surface area contributed by atoms with Crippen LogP contribution in [-0.4, -0.2) is 41.4 Å². The second-order valence-electron chi connectivity index (χ2n) is 5.41. The lowest BCUT2D eigenvalue weighted by Gasteiger charge is -2.26. The number of likely N-dealkylation sites (N-methyl/N-ethyl adjacent to an activating group) is 1. The molecule has 5 nitrogen and oxygen atoms in total. The molecule has 1 aromatic rings. The van der Waals surface area contributed by atoms with Crippen molar-refractivity contribution in [1.82, 2.24) is 14.7 Å². The van der Waals surface area contributed by atoms with E-state index in [0.717, 1.165) is 12.2 Å². The molecule has 0 fully saturated rings. The standard InChI is InChI=1S/C14H23BrN4O/c1-6-7-19-14(20)13(15)11(8-16-19)17-12(10(2)3)9-18(4)5/h6,8,10,12,17H,1,7,9H2,2-5H3. The number of hydrogen-bond donors (Lipinski definition) is 1. The van der Waals surface area contributed by atoms with Crippen LogP contribution in [0, 0.1) is 5.92 Å². The highest BCUT2D eigenvalue weighted by Crippen LogP contribution is 2.19. The number of halogens is 1. The molecule has 0 bridgehead atoms. The summed E-state index contributed by atoms with van der Waals surface area (Å²) in [5, 5.41) is 7.55. The first-order valence-electron chi connectivity index (χ1n) is 6.64. The molecule has 0 aliphatic heterocycles. The maximum atomic E-state index is 12.1. The first-order chi connectivity index (χ1) is 9.36. The van der Waals surface area contributed by atoms with E-state index in [1.54, 1.807) is 12.3 Å². The van der Waals surface area contributed by atoms with E-state index in [1.165, 1.54) is 4.68 Å². The minimum Gasteiger partial charge on any atom is -0.378 e. The van der Waals surface area contributed by atoms with Crippen LogP contribution < -0.4 is 10.9 Å². The second kappa shape index (κ2) is 7.59. The molecule has 0 saturated heterocycles. The number of rotatable bonds is 7. The average Bonchev–Trinajstić information content (AvgIpc) is 2.36. The molecule has 1 atom stereocenters. The molecular formula is C14H23BrN4O. The molecule has 6 heteroatoms. The van der Waals surface area contributed by atoms with Crippen molar-refractivity contribution in [2.45, 2.75) is 26.4 Å². The Labute approximate surface area is 128 Å². The smallest absolute Gasteiger partial charge is 0.283 e. The summed E-state index contributed by atoms with van der Waals surface area (Å²) in [5.74, 6) is 0.444. The van der Waals surface area contributed by atoms with Gasteiger partial charge in [0, 0.05) is 12.6 Å². The lowest BCUT2D eigenvalue weighted by atomic mass is 10.0. The molecule has 0 aliphatic carbocycles. The van der Waals surface area contributed by atoms with Gasteiger partial charge in [0.25, 0.3) is 5.56 Å². The molecule has 0 spiro atoms. The number of allylic oxidation sites excluding steroid dienone is 1. The second-order valence-corrected chi connectivity index (χ2v) is 6.20. The van der Waals surface area contributed by atoms with Gasteiger partial charge in [0.15, 0.2) is 0 Å². The van der Waals surface area contributed by atoms with Gasteiger partial charge in [-0.15, -0.1) is 6.58 Å². The molecule has 112 valence electrons. The van der Waals surface area contributed by atoms with E-state index in [4.69, 9.17) is 0 Å². The minimum absolute atomic E-state index is 0.151. The number of nitrogens with zero attached hydrogens (tertiary/aromatic N) is 3. The molecule has 1 N–H and O–H groups in total. The van der Waals surface area contributed by atoms with Gasteiger partial charge < -0.3 is 10.2 Å². The van der Waals surface area contributed by atoms with Gasteiger partial charge in [0.2, 0.25) is 0 Å². The fourth-order valence-corrected chi connectivity index (χ4v) is 2.26. The zero-order valence-corrected chi connectivity index (χ0v) is 14.1. The highest BCUT2D eigenvalue weighted by Gasteiger charge is 2.17. The number of nitrogens with one attached hydrogen (secondary N) is 1. The van der Waals surface area contributed by atoms with Gasteiger partial charge in [-0.25, -0.2) is 4.68 Å². The number of anilines is 1. The average molecular weight is 343 g/mol. The fraction of sp³-hybridized carbons (Fsp3) is 0.571. The Morgan fingerprint density at radius 3 is 2.70 bits per heavy atom. The quantitative estimate of drug-likeness (QED) is 0.771. The van der Waals surface area contributed by atoms with Crippen molar-refractivity contribution < 1.29 is 0 Å². The van der Waals surface area contributed by atoms with Crippen molar-refractivity contribution >= 4 is 21.6 Å². The summed E-state index contributed by atoms with van der Waals surface area (Å²) in [6.45, 7) is 9.22. The summed E-state index contributed by atoms with van der Waals surface area (Å²) in [5.41, 5.74) is 0.582. The van der Waals surface area contributed by atoms with Crippen LogP contribution in [0.25, 0.3) is 0 Å². The lowest BCUT2D eigenvalue weighted by Crippen LogP contribution is -2.37. The molecule has 0 aliphatic rings. The molecule has 0 radical (unpaired) electrons. The molecule has 1 rings (SSSR count). The van der Waals surface area contributed by atoms with Crippen molar-refractivity contribution in [2.75, 3.05) is 26.0 Å². The van der Waals surface area contributed by atoms with E-state index in [2.05, 4.69) is 51.7 Å². The summed E-state index contributed by atoms with van der Waals surface area (Å²) in [4.78, 5) is 14.2. The lowest BCUT2D eigenvalue weighted by molar-refractivity contribution is 0.344. The first kappa shape index (κ1) is 16.9. The summed E-state index contributed by atoms with van der Waals surface area (Å²) in [6.07, 6.45) is 3.33. The van der Waals surface area contributed by atoms with Gasteiger partial charge in [-0.3, -0.25) is 4.79 Å². The van der Waals surface area contributed by atoms with Crippen molar-refractivity contribution in [3.63, 3.8) is 0 Å². The molecule has 0 saturated carbocycles. The summed E-state index contributed by atoms with van der Waals surface area (Å²) >= 11 is 3.36. The maximum absolute atomic E-state index is 12.1. The van der Waals surface area contributed by atoms with Crippen LogP contribution >= 0.6 is 15.9 Å². The predicted octanol–water partition coefficient (Wildman–Crippen LogP) is 2.19. The van der Waals surface area contributed by atoms with Crippen LogP contribution in [0.4, 0.5) is 5.69 Å². The Balaban J connectivity index is 2.99. The largest absolute Gasteiger partial charge is 0.378 e. The summed E-state index contributed by atoms with van der Waals surface area (Å²) < 4.78 is 1.89. The predicted molar refractivity (Wildman–Crippen MR) is 87.2 cm³/mol. The first-order valence-corrected chi connectivity index (χ1v) is 7.43. The van der Waals surface area contributed by atoms with E-state index in [9.17, 15) is 4.79 Å². The third-order valence-electron chi connectivity index (χ3n) is 2.99. The van der Waals surface area contributed by atoms with Crippen LogP contribution in [0.15, 0.2) is 28.1 Å². The van der Waals surface area contributed by atoms with E-state index in [-0.39, 0.29) is 11.6 Å². The molecular weight excluding hydrogens is 320 g/mol. The maximum Gasteiger partial charge on any atom is 0.283 e. The highest BCUT2D eigenvalue weighted by atomic mass is 79.9. The zero-order valence-electron chi connectivity index (χ0n) is 12.6.